The van der Waals surface area contributed by atoms with Gasteiger partial charge in [0.15, 0.2) is 0 Å². The predicted molar refractivity (Wildman–Crippen MR) is 87.5 cm³/mol. The second-order valence-corrected chi connectivity index (χ2v) is 5.19. The highest BCUT2D eigenvalue weighted by Gasteiger charge is 2.34. The molecule has 1 unspecified atom stereocenters. The van der Waals surface area contributed by atoms with Crippen molar-refractivity contribution in [2.45, 2.75) is 0 Å². The standard InChI is InChI=1S/C17H13N3O4/c18-15(22)10-6-2-4-8-12(10)20-17(24)13-14(21)9-5-1-3-7-11(9)19-16(13)23/h1-9,21H,(H2,18,22)(H,20,24). The van der Waals surface area contributed by atoms with Crippen LogP contribution in [0.1, 0.15) is 10.4 Å². The molecule has 0 saturated carbocycles. The number of amides is 3. The number of fused-ring (bicyclic) bond motifs is 1. The van der Waals surface area contributed by atoms with Crippen LogP contribution in [0.2, 0.25) is 0 Å². The molecule has 0 bridgehead atoms. The zero-order valence-electron chi connectivity index (χ0n) is 12.4. The monoisotopic (exact) mass is 323 g/mol. The maximum Gasteiger partial charge on any atom is 0.286 e. The normalized spacial score (nSPS) is 18.9. The third kappa shape index (κ3) is 2.63. The Hall–Kier alpha value is -3.48. The average Bonchev–Trinajstić information content (AvgIpc) is 2.55. The summed E-state index contributed by atoms with van der Waals surface area (Å²) >= 11 is 0. The molecule has 0 aromatic heterocycles. The summed E-state index contributed by atoms with van der Waals surface area (Å²) in [6.07, 6.45) is 6.60. The van der Waals surface area contributed by atoms with E-state index in [9.17, 15) is 19.5 Å². The van der Waals surface area contributed by atoms with Crippen LogP contribution in [-0.4, -0.2) is 28.5 Å². The molecule has 7 heteroatoms. The van der Waals surface area contributed by atoms with Gasteiger partial charge in [0.1, 0.15) is 11.3 Å². The SMILES string of the molecule is NC(=O)c1ccccc1NC(=O)C1=C(O)C2C=CC=CC2=NC1=O. The van der Waals surface area contributed by atoms with E-state index in [0.717, 1.165) is 0 Å². The second-order valence-electron chi connectivity index (χ2n) is 5.19. The summed E-state index contributed by atoms with van der Waals surface area (Å²) < 4.78 is 0. The first-order chi connectivity index (χ1) is 11.5. The van der Waals surface area contributed by atoms with Crippen molar-refractivity contribution in [2.24, 2.45) is 16.6 Å². The van der Waals surface area contributed by atoms with E-state index in [0.29, 0.717) is 5.71 Å². The molecular weight excluding hydrogens is 310 g/mol. The number of aliphatic imine (C=N–C) groups is 1. The molecular formula is C17H13N3O4. The van der Waals surface area contributed by atoms with Crippen molar-refractivity contribution in [1.82, 2.24) is 0 Å². The van der Waals surface area contributed by atoms with Crippen LogP contribution in [0.5, 0.6) is 0 Å². The van der Waals surface area contributed by atoms with Crippen molar-refractivity contribution >= 4 is 29.1 Å². The first kappa shape index (κ1) is 15.4. The molecule has 1 heterocycles. The number of nitrogens with one attached hydrogen (secondary N) is 1. The molecule has 0 fully saturated rings. The van der Waals surface area contributed by atoms with Crippen molar-refractivity contribution in [1.29, 1.82) is 0 Å². The number of aliphatic hydroxyl groups excluding tert-OH is 1. The third-order valence-electron chi connectivity index (χ3n) is 3.66. The molecule has 2 aliphatic rings. The Kier molecular flexibility index (Phi) is 3.83. The van der Waals surface area contributed by atoms with Gasteiger partial charge < -0.3 is 16.2 Å². The highest BCUT2D eigenvalue weighted by atomic mass is 16.3. The maximum atomic E-state index is 12.4. The van der Waals surface area contributed by atoms with Gasteiger partial charge in [-0.3, -0.25) is 14.4 Å². The lowest BCUT2D eigenvalue weighted by Gasteiger charge is -2.21. The number of hydrogen-bond donors (Lipinski definition) is 3. The van der Waals surface area contributed by atoms with Gasteiger partial charge in [0.25, 0.3) is 17.7 Å². The Morgan fingerprint density at radius 3 is 2.71 bits per heavy atom. The molecule has 1 aromatic carbocycles. The van der Waals surface area contributed by atoms with Gasteiger partial charge >= 0.3 is 0 Å². The Morgan fingerprint density at radius 2 is 1.96 bits per heavy atom. The molecule has 4 N–H and O–H groups in total. The highest BCUT2D eigenvalue weighted by molar-refractivity contribution is 6.28. The van der Waals surface area contributed by atoms with Crippen LogP contribution in [0.4, 0.5) is 5.69 Å². The molecule has 1 aliphatic heterocycles. The lowest BCUT2D eigenvalue weighted by Crippen LogP contribution is -2.31. The number of primary amides is 1. The zero-order chi connectivity index (χ0) is 17.3. The quantitative estimate of drug-likeness (QED) is 0.725. The molecule has 3 amide bonds. The van der Waals surface area contributed by atoms with Gasteiger partial charge in [-0.2, -0.15) is 0 Å². The molecule has 1 atom stereocenters. The molecule has 1 aromatic rings. The summed E-state index contributed by atoms with van der Waals surface area (Å²) in [4.78, 5) is 39.7. The fraction of sp³-hybridized carbons (Fsp3) is 0.0588. The second kappa shape index (κ2) is 5.96. The van der Waals surface area contributed by atoms with Crippen molar-refractivity contribution in [3.05, 3.63) is 65.5 Å². The van der Waals surface area contributed by atoms with E-state index in [4.69, 9.17) is 5.73 Å². The number of dihydropyridines is 1. The predicted octanol–water partition coefficient (Wildman–Crippen LogP) is 1.26. The van der Waals surface area contributed by atoms with Gasteiger partial charge in [-0.05, 0) is 18.2 Å². The molecule has 3 rings (SSSR count). The molecule has 24 heavy (non-hydrogen) atoms. The van der Waals surface area contributed by atoms with Gasteiger partial charge in [0.2, 0.25) is 0 Å². The van der Waals surface area contributed by atoms with E-state index < -0.39 is 29.2 Å². The summed E-state index contributed by atoms with van der Waals surface area (Å²) in [6.45, 7) is 0. The average molecular weight is 323 g/mol. The summed E-state index contributed by atoms with van der Waals surface area (Å²) in [5.41, 5.74) is 5.41. The number of carbonyl (C=O) groups is 3. The minimum absolute atomic E-state index is 0.0962. The Bertz CT molecular complexity index is 878. The largest absolute Gasteiger partial charge is 0.510 e. The number of carbonyl (C=O) groups excluding carboxylic acids is 3. The summed E-state index contributed by atoms with van der Waals surface area (Å²) in [6, 6.07) is 6.11. The number of hydrogen-bond acceptors (Lipinski definition) is 4. The molecule has 0 spiro atoms. The first-order valence-electron chi connectivity index (χ1n) is 7.10. The van der Waals surface area contributed by atoms with Crippen LogP contribution in [0, 0.1) is 5.92 Å². The summed E-state index contributed by atoms with van der Waals surface area (Å²) in [5, 5.41) is 12.7. The number of rotatable bonds is 3. The number of nitrogens with two attached hydrogens (primary N) is 1. The number of anilines is 1. The number of aliphatic hydroxyl groups is 1. The van der Waals surface area contributed by atoms with E-state index in [1.807, 2.05) is 0 Å². The van der Waals surface area contributed by atoms with Crippen molar-refractivity contribution in [2.75, 3.05) is 5.32 Å². The van der Waals surface area contributed by atoms with E-state index in [-0.39, 0.29) is 17.0 Å². The fourth-order valence-electron chi connectivity index (χ4n) is 2.51. The number of nitrogens with zero attached hydrogens (tertiary/aromatic N) is 1. The van der Waals surface area contributed by atoms with E-state index in [1.54, 1.807) is 36.4 Å². The van der Waals surface area contributed by atoms with Crippen molar-refractivity contribution in [3.63, 3.8) is 0 Å². The van der Waals surface area contributed by atoms with Crippen LogP contribution in [0.15, 0.2) is 64.9 Å². The van der Waals surface area contributed by atoms with Crippen molar-refractivity contribution < 1.29 is 19.5 Å². The smallest absolute Gasteiger partial charge is 0.286 e. The highest BCUT2D eigenvalue weighted by Crippen LogP contribution is 2.26. The lowest BCUT2D eigenvalue weighted by atomic mass is 9.90. The number of benzene rings is 1. The van der Waals surface area contributed by atoms with Crippen LogP contribution >= 0.6 is 0 Å². The zero-order valence-corrected chi connectivity index (χ0v) is 12.4. The molecule has 0 saturated heterocycles. The van der Waals surface area contributed by atoms with Gasteiger partial charge in [-0.15, -0.1) is 0 Å². The molecule has 120 valence electrons. The molecule has 1 aliphatic carbocycles. The molecule has 7 nitrogen and oxygen atoms in total. The Morgan fingerprint density at radius 1 is 1.21 bits per heavy atom. The fourth-order valence-corrected chi connectivity index (χ4v) is 2.51. The maximum absolute atomic E-state index is 12.4. The van der Waals surface area contributed by atoms with Crippen molar-refractivity contribution in [3.8, 4) is 0 Å². The van der Waals surface area contributed by atoms with Gasteiger partial charge in [-0.25, -0.2) is 4.99 Å². The molecule has 0 radical (unpaired) electrons. The topological polar surface area (TPSA) is 122 Å². The summed E-state index contributed by atoms with van der Waals surface area (Å²) in [5.74, 6) is -3.43. The van der Waals surface area contributed by atoms with Gasteiger partial charge in [-0.1, -0.05) is 30.4 Å². The van der Waals surface area contributed by atoms with Crippen LogP contribution in [0.3, 0.4) is 0 Å². The van der Waals surface area contributed by atoms with Crippen LogP contribution in [-0.2, 0) is 9.59 Å². The third-order valence-corrected chi connectivity index (χ3v) is 3.66. The van der Waals surface area contributed by atoms with Gasteiger partial charge in [0, 0.05) is 0 Å². The minimum atomic E-state index is -0.850. The lowest BCUT2D eigenvalue weighted by molar-refractivity contribution is -0.119. The van der Waals surface area contributed by atoms with Crippen LogP contribution < -0.4 is 11.1 Å². The van der Waals surface area contributed by atoms with Crippen LogP contribution in [0.25, 0.3) is 0 Å². The van der Waals surface area contributed by atoms with Gasteiger partial charge in [0.05, 0.1) is 22.9 Å². The van der Waals surface area contributed by atoms with E-state index in [2.05, 4.69) is 10.3 Å². The summed E-state index contributed by atoms with van der Waals surface area (Å²) in [7, 11) is 0. The first-order valence-corrected chi connectivity index (χ1v) is 7.10. The Labute approximate surface area is 136 Å². The number of para-hydroxylation sites is 1. The Balaban J connectivity index is 1.93. The van der Waals surface area contributed by atoms with E-state index in [1.165, 1.54) is 12.1 Å². The van der Waals surface area contributed by atoms with E-state index >= 15 is 0 Å². The minimum Gasteiger partial charge on any atom is -0.510 e. The number of allylic oxidation sites excluding steroid dienone is 4.